The zero-order chi connectivity index (χ0) is 19.8. The summed E-state index contributed by atoms with van der Waals surface area (Å²) in [5.41, 5.74) is -0.716. The molecule has 0 fully saturated rings. The molecule has 8 nitrogen and oxygen atoms in total. The van der Waals surface area contributed by atoms with Crippen molar-refractivity contribution in [3.8, 4) is 0 Å². The maximum atomic E-state index is 12.9. The molecule has 0 spiro atoms. The van der Waals surface area contributed by atoms with Crippen LogP contribution < -0.4 is 0 Å². The van der Waals surface area contributed by atoms with Crippen LogP contribution in [-0.4, -0.2) is 51.6 Å². The lowest BCUT2D eigenvalue weighted by molar-refractivity contribution is -0.122. The molecule has 0 bridgehead atoms. The third-order valence-corrected chi connectivity index (χ3v) is 4.16. The average Bonchev–Trinajstić information content (AvgIpc) is 2.62. The van der Waals surface area contributed by atoms with Crippen LogP contribution in [0.5, 0.6) is 0 Å². The van der Waals surface area contributed by atoms with Gasteiger partial charge < -0.3 is 18.9 Å². The van der Waals surface area contributed by atoms with Crippen LogP contribution in [0.15, 0.2) is 45.3 Å². The van der Waals surface area contributed by atoms with Crippen LogP contribution in [0.25, 0.3) is 0 Å². The minimum Gasteiger partial charge on any atom is -0.492 e. The predicted octanol–water partition coefficient (Wildman–Crippen LogP) is 0.932. The molecule has 2 rings (SSSR count). The molecule has 2 aliphatic carbocycles. The fourth-order valence-electron chi connectivity index (χ4n) is 2.88. The Bertz CT molecular complexity index is 792. The summed E-state index contributed by atoms with van der Waals surface area (Å²) >= 11 is 0. The van der Waals surface area contributed by atoms with Gasteiger partial charge in [0, 0.05) is 11.1 Å². The van der Waals surface area contributed by atoms with Gasteiger partial charge in [-0.1, -0.05) is 0 Å². The summed E-state index contributed by atoms with van der Waals surface area (Å²) in [5.74, 6) is -3.99. The Balaban J connectivity index is 2.85. The normalized spacial score (nSPS) is 18.8. The Morgan fingerprint density at radius 2 is 0.731 bits per heavy atom. The molecule has 0 atom stereocenters. The SMILES string of the molecule is COC1=C(C)C(=O)C(OC)=C(C2=C(OC)C(=O)C(C)=C(OC)C2=O)C1=O. The third kappa shape index (κ3) is 2.54. The highest BCUT2D eigenvalue weighted by molar-refractivity contribution is 6.34. The van der Waals surface area contributed by atoms with E-state index in [2.05, 4.69) is 0 Å². The van der Waals surface area contributed by atoms with E-state index < -0.39 is 34.3 Å². The van der Waals surface area contributed by atoms with Gasteiger partial charge >= 0.3 is 0 Å². The van der Waals surface area contributed by atoms with E-state index >= 15 is 0 Å². The molecule has 0 radical (unpaired) electrons. The minimum absolute atomic E-state index is 0.0333. The van der Waals surface area contributed by atoms with Crippen LogP contribution in [0.1, 0.15) is 13.8 Å². The highest BCUT2D eigenvalue weighted by atomic mass is 16.5. The molecule has 0 unspecified atom stereocenters. The van der Waals surface area contributed by atoms with Crippen LogP contribution in [0.4, 0.5) is 0 Å². The van der Waals surface area contributed by atoms with E-state index in [1.165, 1.54) is 42.3 Å². The number of hydrogen-bond donors (Lipinski definition) is 0. The molecule has 0 saturated carbocycles. The first kappa shape index (κ1) is 19.2. The summed E-state index contributed by atoms with van der Waals surface area (Å²) in [6.45, 7) is 2.80. The standard InChI is InChI=1S/C18H18O8/c1-7-11(19)17(25-5)9(13(21)15(7)23-3)10-14(22)16(24-4)8(2)12(20)18(10)26-6/h1-6H3. The van der Waals surface area contributed by atoms with E-state index in [0.717, 1.165) is 0 Å². The fourth-order valence-corrected chi connectivity index (χ4v) is 2.88. The third-order valence-electron chi connectivity index (χ3n) is 4.16. The van der Waals surface area contributed by atoms with Crippen molar-refractivity contribution in [3.05, 3.63) is 45.3 Å². The van der Waals surface area contributed by atoms with Gasteiger partial charge in [0.1, 0.15) is 0 Å². The number of hydrogen-bond acceptors (Lipinski definition) is 8. The van der Waals surface area contributed by atoms with E-state index in [4.69, 9.17) is 18.9 Å². The number of carbonyl (C=O) groups excluding carboxylic acids is 4. The maximum Gasteiger partial charge on any atom is 0.232 e. The summed E-state index contributed by atoms with van der Waals surface area (Å²) in [7, 11) is 4.82. The van der Waals surface area contributed by atoms with Crippen LogP contribution in [0.3, 0.4) is 0 Å². The van der Waals surface area contributed by atoms with Gasteiger partial charge in [-0.15, -0.1) is 0 Å². The number of allylic oxidation sites excluding steroid dienone is 4. The molecule has 0 aromatic carbocycles. The Kier molecular flexibility index (Phi) is 5.15. The van der Waals surface area contributed by atoms with Gasteiger partial charge in [0.2, 0.25) is 23.1 Å². The molecule has 0 saturated heterocycles. The van der Waals surface area contributed by atoms with Gasteiger partial charge in [-0.2, -0.15) is 0 Å². The molecule has 0 N–H and O–H groups in total. The van der Waals surface area contributed by atoms with Gasteiger partial charge in [-0.3, -0.25) is 19.2 Å². The summed E-state index contributed by atoms with van der Waals surface area (Å²) in [5, 5.41) is 0. The maximum absolute atomic E-state index is 12.9. The van der Waals surface area contributed by atoms with Gasteiger partial charge in [0.25, 0.3) is 0 Å². The molecular weight excluding hydrogens is 344 g/mol. The first-order chi connectivity index (χ1) is 12.3. The topological polar surface area (TPSA) is 105 Å². The molecule has 138 valence electrons. The van der Waals surface area contributed by atoms with Crippen LogP contribution in [0.2, 0.25) is 0 Å². The lowest BCUT2D eigenvalue weighted by Crippen LogP contribution is -2.32. The Hall–Kier alpha value is -3.16. The smallest absolute Gasteiger partial charge is 0.232 e. The molecular formula is C18H18O8. The Labute approximate surface area is 149 Å². The molecule has 2 aliphatic rings. The monoisotopic (exact) mass is 362 g/mol. The van der Waals surface area contributed by atoms with Crippen LogP contribution in [-0.2, 0) is 38.1 Å². The van der Waals surface area contributed by atoms with E-state index in [1.54, 1.807) is 0 Å². The van der Waals surface area contributed by atoms with Crippen molar-refractivity contribution >= 4 is 23.1 Å². The van der Waals surface area contributed by atoms with Crippen molar-refractivity contribution in [2.75, 3.05) is 28.4 Å². The molecule has 26 heavy (non-hydrogen) atoms. The number of Topliss-reactive ketones (excluding diaryl/α,β-unsaturated/α-hetero) is 4. The number of ether oxygens (including phenoxy) is 4. The summed E-state index contributed by atoms with van der Waals surface area (Å²) in [6, 6.07) is 0. The molecule has 0 aromatic heterocycles. The van der Waals surface area contributed by atoms with Gasteiger partial charge in [-0.25, -0.2) is 0 Å². The largest absolute Gasteiger partial charge is 0.492 e. The quantitative estimate of drug-likeness (QED) is 0.665. The predicted molar refractivity (Wildman–Crippen MR) is 87.5 cm³/mol. The van der Waals surface area contributed by atoms with E-state index in [0.29, 0.717) is 0 Å². The second-order valence-corrected chi connectivity index (χ2v) is 5.45. The molecule has 0 aliphatic heterocycles. The number of ketones is 4. The van der Waals surface area contributed by atoms with Crippen molar-refractivity contribution in [3.63, 3.8) is 0 Å². The highest BCUT2D eigenvalue weighted by Crippen LogP contribution is 2.36. The zero-order valence-electron chi connectivity index (χ0n) is 15.3. The van der Waals surface area contributed by atoms with Gasteiger partial charge in [0.05, 0.1) is 39.6 Å². The van der Waals surface area contributed by atoms with E-state index in [1.807, 2.05) is 0 Å². The summed E-state index contributed by atoms with van der Waals surface area (Å²) in [6.07, 6.45) is 0. The van der Waals surface area contributed by atoms with Crippen molar-refractivity contribution in [1.82, 2.24) is 0 Å². The molecule has 0 amide bonds. The molecule has 8 heteroatoms. The van der Waals surface area contributed by atoms with Crippen molar-refractivity contribution in [1.29, 1.82) is 0 Å². The lowest BCUT2D eigenvalue weighted by atomic mass is 9.82. The molecule has 0 aromatic rings. The first-order valence-corrected chi connectivity index (χ1v) is 7.52. The molecule has 0 heterocycles. The Morgan fingerprint density at radius 3 is 0.962 bits per heavy atom. The fraction of sp³-hybridized carbons (Fsp3) is 0.333. The van der Waals surface area contributed by atoms with E-state index in [-0.39, 0.29) is 34.2 Å². The van der Waals surface area contributed by atoms with Crippen LogP contribution >= 0.6 is 0 Å². The Morgan fingerprint density at radius 1 is 0.462 bits per heavy atom. The second-order valence-electron chi connectivity index (χ2n) is 5.45. The van der Waals surface area contributed by atoms with Gasteiger partial charge in [0.15, 0.2) is 23.0 Å². The first-order valence-electron chi connectivity index (χ1n) is 7.52. The van der Waals surface area contributed by atoms with Crippen LogP contribution in [0, 0.1) is 0 Å². The minimum atomic E-state index is -0.762. The summed E-state index contributed by atoms with van der Waals surface area (Å²) < 4.78 is 20.2. The zero-order valence-corrected chi connectivity index (χ0v) is 15.3. The van der Waals surface area contributed by atoms with E-state index in [9.17, 15) is 19.2 Å². The number of methoxy groups -OCH3 is 4. The van der Waals surface area contributed by atoms with Crippen molar-refractivity contribution in [2.45, 2.75) is 13.8 Å². The highest BCUT2D eigenvalue weighted by Gasteiger charge is 2.44. The van der Waals surface area contributed by atoms with Crippen molar-refractivity contribution < 1.29 is 38.1 Å². The average molecular weight is 362 g/mol. The van der Waals surface area contributed by atoms with Crippen molar-refractivity contribution in [2.24, 2.45) is 0 Å². The summed E-state index contributed by atoms with van der Waals surface area (Å²) in [4.78, 5) is 50.9. The van der Waals surface area contributed by atoms with Gasteiger partial charge in [-0.05, 0) is 13.8 Å². The number of carbonyl (C=O) groups is 4. The number of rotatable bonds is 5. The second kappa shape index (κ2) is 6.99. The lowest BCUT2D eigenvalue weighted by Gasteiger charge is -2.25.